The lowest BCUT2D eigenvalue weighted by molar-refractivity contribution is -0.145. The monoisotopic (exact) mass is 323 g/mol. The first-order valence-electron chi connectivity index (χ1n) is 7.66. The lowest BCUT2D eigenvalue weighted by atomic mass is 10.0. The zero-order valence-electron chi connectivity index (χ0n) is 12.9. The number of nitrogens with one attached hydrogen (secondary N) is 1. The molecule has 0 radical (unpaired) electrons. The molecule has 2 aliphatic rings. The van der Waals surface area contributed by atoms with Crippen LogP contribution in [0.3, 0.4) is 0 Å². The number of ether oxygens (including phenoxy) is 1. The Hall–Kier alpha value is -1.47. The molecule has 1 aromatic heterocycles. The molecule has 2 heterocycles. The van der Waals surface area contributed by atoms with Crippen molar-refractivity contribution in [1.82, 2.24) is 15.2 Å². The Morgan fingerprint density at radius 3 is 2.86 bits per heavy atom. The van der Waals surface area contributed by atoms with Crippen LogP contribution in [0.2, 0.25) is 0 Å². The maximum absolute atomic E-state index is 12.4. The number of methoxy groups -OCH3 is 1. The fourth-order valence-electron chi connectivity index (χ4n) is 3.21. The Bertz CT molecular complexity index is 563. The smallest absolute Gasteiger partial charge is 0.323 e. The van der Waals surface area contributed by atoms with Crippen LogP contribution < -0.4 is 5.32 Å². The highest BCUT2D eigenvalue weighted by atomic mass is 32.1. The number of carbonyl (C=O) groups excluding carboxylic acids is 2. The summed E-state index contributed by atoms with van der Waals surface area (Å²) in [5, 5.41) is 3.56. The van der Waals surface area contributed by atoms with Crippen LogP contribution in [0.5, 0.6) is 0 Å². The van der Waals surface area contributed by atoms with Crippen molar-refractivity contribution >= 4 is 23.2 Å². The summed E-state index contributed by atoms with van der Waals surface area (Å²) in [6, 6.07) is -0.317. The first-order chi connectivity index (χ1) is 10.6. The second-order valence-electron chi connectivity index (χ2n) is 5.98. The molecular formula is C15H21N3O3S. The first-order valence-corrected chi connectivity index (χ1v) is 8.47. The fourth-order valence-corrected chi connectivity index (χ4v) is 4.26. The SMILES string of the molecule is COC(=O)[C@@H]1C[C@H](NC(=O)c2nc3c(s2)CCCC3)CN1C. The second-order valence-corrected chi connectivity index (χ2v) is 7.06. The number of likely N-dealkylation sites (tertiary alicyclic amines) is 1. The number of nitrogens with zero attached hydrogens (tertiary/aromatic N) is 2. The van der Waals surface area contributed by atoms with E-state index in [2.05, 4.69) is 10.3 Å². The van der Waals surface area contributed by atoms with E-state index in [0.717, 1.165) is 25.0 Å². The number of likely N-dealkylation sites (N-methyl/N-ethyl adjacent to an activating group) is 1. The number of carbonyl (C=O) groups is 2. The lowest BCUT2D eigenvalue weighted by Gasteiger charge is -2.15. The van der Waals surface area contributed by atoms with Crippen LogP contribution in [0, 0.1) is 0 Å². The van der Waals surface area contributed by atoms with Crippen LogP contribution in [0.4, 0.5) is 0 Å². The highest BCUT2D eigenvalue weighted by Crippen LogP contribution is 2.27. The van der Waals surface area contributed by atoms with Crippen molar-refractivity contribution in [3.05, 3.63) is 15.6 Å². The van der Waals surface area contributed by atoms with Gasteiger partial charge in [-0.05, 0) is 39.2 Å². The van der Waals surface area contributed by atoms with Gasteiger partial charge in [-0.2, -0.15) is 0 Å². The van der Waals surface area contributed by atoms with Gasteiger partial charge in [-0.25, -0.2) is 4.98 Å². The number of amides is 1. The van der Waals surface area contributed by atoms with Gasteiger partial charge in [-0.1, -0.05) is 0 Å². The van der Waals surface area contributed by atoms with Gasteiger partial charge in [0.15, 0.2) is 5.01 Å². The first kappa shape index (κ1) is 15.4. The molecule has 1 fully saturated rings. The molecule has 0 aromatic carbocycles. The van der Waals surface area contributed by atoms with Crippen molar-refractivity contribution in [3.63, 3.8) is 0 Å². The van der Waals surface area contributed by atoms with Crippen LogP contribution >= 0.6 is 11.3 Å². The molecule has 22 heavy (non-hydrogen) atoms. The fraction of sp³-hybridized carbons (Fsp3) is 0.667. The Kier molecular flexibility index (Phi) is 4.44. The van der Waals surface area contributed by atoms with Gasteiger partial charge in [0.05, 0.1) is 12.8 Å². The molecule has 0 spiro atoms. The van der Waals surface area contributed by atoms with E-state index in [1.165, 1.54) is 29.7 Å². The summed E-state index contributed by atoms with van der Waals surface area (Å²) in [7, 11) is 3.26. The highest BCUT2D eigenvalue weighted by molar-refractivity contribution is 7.13. The molecule has 1 aromatic rings. The number of rotatable bonds is 3. The molecular weight excluding hydrogens is 302 g/mol. The molecule has 1 aliphatic carbocycles. The molecule has 0 saturated carbocycles. The molecule has 1 aliphatic heterocycles. The Morgan fingerprint density at radius 2 is 2.14 bits per heavy atom. The minimum atomic E-state index is -0.278. The summed E-state index contributed by atoms with van der Waals surface area (Å²) in [6.45, 7) is 0.649. The molecule has 0 bridgehead atoms. The number of aromatic nitrogens is 1. The van der Waals surface area contributed by atoms with Gasteiger partial charge >= 0.3 is 5.97 Å². The third-order valence-corrected chi connectivity index (χ3v) is 5.55. The van der Waals surface area contributed by atoms with Gasteiger partial charge in [0.1, 0.15) is 6.04 Å². The standard InChI is InChI=1S/C15H21N3O3S/c1-18-8-9(7-11(18)15(20)21-2)16-13(19)14-17-10-5-3-4-6-12(10)22-14/h9,11H,3-8H2,1-2H3,(H,16,19)/t9-,11-/m0/s1. The summed E-state index contributed by atoms with van der Waals surface area (Å²) in [4.78, 5) is 31.7. The van der Waals surface area contributed by atoms with Crippen molar-refractivity contribution in [3.8, 4) is 0 Å². The van der Waals surface area contributed by atoms with Crippen LogP contribution in [0.1, 0.15) is 39.6 Å². The average Bonchev–Trinajstić information content (AvgIpc) is 3.09. The summed E-state index contributed by atoms with van der Waals surface area (Å²) >= 11 is 1.51. The minimum Gasteiger partial charge on any atom is -0.468 e. The van der Waals surface area contributed by atoms with E-state index in [1.54, 1.807) is 0 Å². The van der Waals surface area contributed by atoms with Gasteiger partial charge < -0.3 is 10.1 Å². The lowest BCUT2D eigenvalue weighted by Crippen LogP contribution is -2.36. The van der Waals surface area contributed by atoms with Crippen LogP contribution in [-0.2, 0) is 22.4 Å². The molecule has 2 atom stereocenters. The van der Waals surface area contributed by atoms with E-state index in [9.17, 15) is 9.59 Å². The molecule has 6 nitrogen and oxygen atoms in total. The average molecular weight is 323 g/mol. The highest BCUT2D eigenvalue weighted by Gasteiger charge is 2.36. The summed E-state index contributed by atoms with van der Waals surface area (Å²) in [5.41, 5.74) is 1.09. The number of esters is 1. The van der Waals surface area contributed by atoms with Gasteiger partial charge in [0, 0.05) is 17.5 Å². The number of hydrogen-bond donors (Lipinski definition) is 1. The topological polar surface area (TPSA) is 71.5 Å². The van der Waals surface area contributed by atoms with Crippen molar-refractivity contribution in [1.29, 1.82) is 0 Å². The van der Waals surface area contributed by atoms with Gasteiger partial charge in [0.25, 0.3) is 5.91 Å². The van der Waals surface area contributed by atoms with Crippen LogP contribution in [-0.4, -0.2) is 54.5 Å². The van der Waals surface area contributed by atoms with Crippen molar-refractivity contribution in [2.75, 3.05) is 20.7 Å². The second kappa shape index (κ2) is 6.34. The van der Waals surface area contributed by atoms with Crippen LogP contribution in [0.15, 0.2) is 0 Å². The molecule has 7 heteroatoms. The third kappa shape index (κ3) is 3.01. The third-order valence-electron chi connectivity index (χ3n) is 4.40. The minimum absolute atomic E-state index is 0.0393. The Labute approximate surface area is 133 Å². The zero-order valence-corrected chi connectivity index (χ0v) is 13.7. The van der Waals surface area contributed by atoms with Crippen LogP contribution in [0.25, 0.3) is 0 Å². The van der Waals surface area contributed by atoms with Gasteiger partial charge in [-0.15, -0.1) is 11.3 Å². The maximum atomic E-state index is 12.4. The quantitative estimate of drug-likeness (QED) is 0.840. The Morgan fingerprint density at radius 1 is 1.36 bits per heavy atom. The normalized spacial score (nSPS) is 24.8. The maximum Gasteiger partial charge on any atom is 0.323 e. The van der Waals surface area contributed by atoms with Gasteiger partial charge in [0.2, 0.25) is 0 Å². The van der Waals surface area contributed by atoms with E-state index in [1.807, 2.05) is 11.9 Å². The molecule has 1 saturated heterocycles. The van der Waals surface area contributed by atoms with E-state index in [4.69, 9.17) is 4.74 Å². The number of thiazole rings is 1. The number of aryl methyl sites for hydroxylation is 2. The Balaban J connectivity index is 1.63. The molecule has 120 valence electrons. The summed E-state index contributed by atoms with van der Waals surface area (Å²) in [5.74, 6) is -0.368. The molecule has 1 amide bonds. The summed E-state index contributed by atoms with van der Waals surface area (Å²) in [6.07, 6.45) is 4.95. The van der Waals surface area contributed by atoms with E-state index in [0.29, 0.717) is 18.0 Å². The van der Waals surface area contributed by atoms with E-state index in [-0.39, 0.29) is 24.0 Å². The predicted molar refractivity (Wildman–Crippen MR) is 83.1 cm³/mol. The number of hydrogen-bond acceptors (Lipinski definition) is 6. The zero-order chi connectivity index (χ0) is 15.7. The van der Waals surface area contributed by atoms with E-state index < -0.39 is 0 Å². The molecule has 3 rings (SSSR count). The summed E-state index contributed by atoms with van der Waals surface area (Å²) < 4.78 is 4.79. The molecule has 0 unspecified atom stereocenters. The van der Waals surface area contributed by atoms with Gasteiger partial charge in [-0.3, -0.25) is 14.5 Å². The van der Waals surface area contributed by atoms with Crippen molar-refractivity contribution in [2.45, 2.75) is 44.2 Å². The van der Waals surface area contributed by atoms with Crippen molar-refractivity contribution in [2.24, 2.45) is 0 Å². The molecule has 1 N–H and O–H groups in total. The van der Waals surface area contributed by atoms with Crippen molar-refractivity contribution < 1.29 is 14.3 Å². The van der Waals surface area contributed by atoms with E-state index >= 15 is 0 Å². The predicted octanol–water partition coefficient (Wildman–Crippen LogP) is 0.997. The number of fused-ring (bicyclic) bond motifs is 1. The largest absolute Gasteiger partial charge is 0.468 e.